The fourth-order valence-corrected chi connectivity index (χ4v) is 6.20. The molecular formula is C38H71NO6S. The molecule has 3 atom stereocenters. The predicted molar refractivity (Wildman–Crippen MR) is 195 cm³/mol. The molecule has 0 aromatic rings. The Kier molecular flexibility index (Phi) is 31.1. The second kappa shape index (κ2) is 32.1. The largest absolute Gasteiger partial charge is 0.387 e. The van der Waals surface area contributed by atoms with Crippen molar-refractivity contribution in [2.45, 2.75) is 193 Å². The first-order valence-corrected chi connectivity index (χ1v) is 20.4. The van der Waals surface area contributed by atoms with Crippen molar-refractivity contribution in [3.8, 4) is 0 Å². The van der Waals surface area contributed by atoms with E-state index in [0.717, 1.165) is 38.5 Å². The Morgan fingerprint density at radius 3 is 1.43 bits per heavy atom. The van der Waals surface area contributed by atoms with Crippen LogP contribution in [0.1, 0.15) is 174 Å². The molecule has 4 N–H and O–H groups in total. The van der Waals surface area contributed by atoms with Gasteiger partial charge in [-0.1, -0.05) is 153 Å². The monoisotopic (exact) mass is 670 g/mol. The number of carbonyl (C=O) groups excluding carboxylic acids is 1. The van der Waals surface area contributed by atoms with Crippen LogP contribution >= 0.6 is 0 Å². The van der Waals surface area contributed by atoms with E-state index >= 15 is 0 Å². The molecule has 0 aromatic carbocycles. The number of unbranched alkanes of at least 4 members (excludes halogenated alkanes) is 20. The van der Waals surface area contributed by atoms with Crippen LogP contribution < -0.4 is 5.32 Å². The van der Waals surface area contributed by atoms with E-state index in [9.17, 15) is 28.0 Å². The molecule has 270 valence electrons. The summed E-state index contributed by atoms with van der Waals surface area (Å²) in [5.41, 5.74) is 0. The van der Waals surface area contributed by atoms with E-state index < -0.39 is 40.0 Å². The lowest BCUT2D eigenvalue weighted by molar-refractivity contribution is -0.130. The first-order chi connectivity index (χ1) is 22.2. The molecular weight excluding hydrogens is 598 g/mol. The van der Waals surface area contributed by atoms with Crippen LogP contribution in [0.25, 0.3) is 0 Å². The third-order valence-electron chi connectivity index (χ3n) is 8.40. The SMILES string of the molecule is CCCCCCCC/C=C\CCCCCCCCC(O)C(=O)NC(CS(=O)(=O)O)C(O)/C=C/CC/C=C/CCCCCCCCC. The second-order valence-electron chi connectivity index (χ2n) is 13.0. The number of nitrogens with one attached hydrogen (secondary N) is 1. The molecule has 0 aliphatic heterocycles. The molecule has 46 heavy (non-hydrogen) atoms. The molecule has 7 nitrogen and oxygen atoms in total. The summed E-state index contributed by atoms with van der Waals surface area (Å²) in [5.74, 6) is -1.56. The second-order valence-corrected chi connectivity index (χ2v) is 14.5. The standard InChI is InChI=1S/C38H71NO6S/c1-3-5-7-9-11-13-15-17-18-19-21-23-25-27-29-31-33-37(41)38(42)39-35(34-46(43,44)45)36(40)32-30-28-26-24-22-20-16-14-12-10-8-6-4-2/h17-18,22,24,30,32,35-37,40-41H,3-16,19-21,23,25-29,31,33-34H2,1-2H3,(H,39,42)(H,43,44,45)/b18-17-,24-22+,32-30+. The zero-order chi connectivity index (χ0) is 34.1. The molecule has 1 amide bonds. The molecule has 8 heteroatoms. The summed E-state index contributed by atoms with van der Waals surface area (Å²) in [6, 6.07) is -1.25. The van der Waals surface area contributed by atoms with Crippen LogP contribution in [0.3, 0.4) is 0 Å². The normalized spacial score (nSPS) is 14.5. The number of hydrogen-bond acceptors (Lipinski definition) is 5. The van der Waals surface area contributed by atoms with E-state index in [0.29, 0.717) is 12.8 Å². The van der Waals surface area contributed by atoms with Crippen molar-refractivity contribution in [2.24, 2.45) is 0 Å². The van der Waals surface area contributed by atoms with Crippen molar-refractivity contribution < 1.29 is 28.0 Å². The van der Waals surface area contributed by atoms with E-state index in [2.05, 4.69) is 43.5 Å². The lowest BCUT2D eigenvalue weighted by atomic mass is 10.0. The lowest BCUT2D eigenvalue weighted by Gasteiger charge is -2.22. The molecule has 0 spiro atoms. The van der Waals surface area contributed by atoms with Gasteiger partial charge in [0.1, 0.15) is 6.10 Å². The molecule has 0 aliphatic carbocycles. The molecule has 0 bridgehead atoms. The minimum atomic E-state index is -4.45. The van der Waals surface area contributed by atoms with Crippen LogP contribution in [-0.2, 0) is 14.9 Å². The highest BCUT2D eigenvalue weighted by Gasteiger charge is 2.27. The summed E-state index contributed by atoms with van der Waals surface area (Å²) in [4.78, 5) is 12.5. The maximum atomic E-state index is 12.5. The zero-order valence-electron chi connectivity index (χ0n) is 29.6. The van der Waals surface area contributed by atoms with Crippen molar-refractivity contribution in [3.05, 3.63) is 36.5 Å². The van der Waals surface area contributed by atoms with E-state index in [1.807, 2.05) is 0 Å². The lowest BCUT2D eigenvalue weighted by Crippen LogP contribution is -2.50. The average Bonchev–Trinajstić information content (AvgIpc) is 3.01. The Morgan fingerprint density at radius 2 is 0.978 bits per heavy atom. The van der Waals surface area contributed by atoms with E-state index in [1.165, 1.54) is 109 Å². The molecule has 3 unspecified atom stereocenters. The molecule has 0 saturated carbocycles. The molecule has 0 radical (unpaired) electrons. The Balaban J connectivity index is 4.15. The van der Waals surface area contributed by atoms with E-state index in [1.54, 1.807) is 6.08 Å². The summed E-state index contributed by atoms with van der Waals surface area (Å²) in [6.45, 7) is 4.47. The Morgan fingerprint density at radius 1 is 0.587 bits per heavy atom. The molecule has 0 rings (SSSR count). The highest BCUT2D eigenvalue weighted by Crippen LogP contribution is 2.13. The van der Waals surface area contributed by atoms with Crippen molar-refractivity contribution in [1.82, 2.24) is 5.32 Å². The fraction of sp³-hybridized carbons (Fsp3) is 0.816. The van der Waals surface area contributed by atoms with Crippen molar-refractivity contribution in [2.75, 3.05) is 5.75 Å². The maximum absolute atomic E-state index is 12.5. The highest BCUT2D eigenvalue weighted by atomic mass is 32.2. The number of amides is 1. The summed E-state index contributed by atoms with van der Waals surface area (Å²) >= 11 is 0. The van der Waals surface area contributed by atoms with Gasteiger partial charge in [0.05, 0.1) is 17.9 Å². The van der Waals surface area contributed by atoms with Gasteiger partial charge in [0, 0.05) is 0 Å². The summed E-state index contributed by atoms with van der Waals surface area (Å²) < 4.78 is 32.4. The van der Waals surface area contributed by atoms with Gasteiger partial charge in [0.2, 0.25) is 5.91 Å². The maximum Gasteiger partial charge on any atom is 0.267 e. The van der Waals surface area contributed by atoms with Gasteiger partial charge in [-0.15, -0.1) is 0 Å². The third-order valence-corrected chi connectivity index (χ3v) is 9.18. The minimum absolute atomic E-state index is 0.267. The topological polar surface area (TPSA) is 124 Å². The number of allylic oxidation sites excluding steroid dienone is 5. The third kappa shape index (κ3) is 31.1. The Bertz CT molecular complexity index is 886. The quantitative estimate of drug-likeness (QED) is 0.0313. The molecule has 0 saturated heterocycles. The van der Waals surface area contributed by atoms with Crippen LogP contribution in [0, 0.1) is 0 Å². The Labute approximate surface area is 283 Å². The number of rotatable bonds is 33. The minimum Gasteiger partial charge on any atom is -0.387 e. The van der Waals surface area contributed by atoms with Crippen LogP contribution in [-0.4, -0.2) is 53.1 Å². The van der Waals surface area contributed by atoms with Crippen LogP contribution in [0.2, 0.25) is 0 Å². The van der Waals surface area contributed by atoms with Gasteiger partial charge in [0.15, 0.2) is 0 Å². The van der Waals surface area contributed by atoms with Crippen molar-refractivity contribution >= 4 is 16.0 Å². The van der Waals surface area contributed by atoms with Gasteiger partial charge in [-0.05, 0) is 57.8 Å². The number of aliphatic hydroxyl groups excluding tert-OH is 2. The fourth-order valence-electron chi connectivity index (χ4n) is 5.46. The number of carbonyl (C=O) groups is 1. The van der Waals surface area contributed by atoms with Gasteiger partial charge in [0.25, 0.3) is 10.1 Å². The predicted octanol–water partition coefficient (Wildman–Crippen LogP) is 9.54. The van der Waals surface area contributed by atoms with Crippen molar-refractivity contribution in [1.29, 1.82) is 0 Å². The molecule has 0 fully saturated rings. The van der Waals surface area contributed by atoms with Crippen LogP contribution in [0.5, 0.6) is 0 Å². The molecule has 0 heterocycles. The zero-order valence-corrected chi connectivity index (χ0v) is 30.4. The van der Waals surface area contributed by atoms with Gasteiger partial charge in [-0.3, -0.25) is 9.35 Å². The van der Waals surface area contributed by atoms with E-state index in [4.69, 9.17) is 0 Å². The summed E-state index contributed by atoms with van der Waals surface area (Å²) in [7, 11) is -4.45. The first-order valence-electron chi connectivity index (χ1n) is 18.8. The number of aliphatic hydroxyl groups is 2. The average molecular weight is 670 g/mol. The number of hydrogen-bond donors (Lipinski definition) is 4. The van der Waals surface area contributed by atoms with Crippen molar-refractivity contribution in [3.63, 3.8) is 0 Å². The summed E-state index contributed by atoms with van der Waals surface area (Å²) in [5, 5.41) is 23.3. The smallest absolute Gasteiger partial charge is 0.267 e. The van der Waals surface area contributed by atoms with Gasteiger partial charge in [-0.2, -0.15) is 8.42 Å². The summed E-state index contributed by atoms with van der Waals surface area (Å²) in [6.07, 6.45) is 37.7. The molecule has 0 aromatic heterocycles. The van der Waals surface area contributed by atoms with Gasteiger partial charge >= 0.3 is 0 Å². The van der Waals surface area contributed by atoms with Crippen LogP contribution in [0.4, 0.5) is 0 Å². The van der Waals surface area contributed by atoms with Crippen LogP contribution in [0.15, 0.2) is 36.5 Å². The van der Waals surface area contributed by atoms with E-state index in [-0.39, 0.29) is 6.42 Å². The highest BCUT2D eigenvalue weighted by molar-refractivity contribution is 7.85. The molecule has 0 aliphatic rings. The van der Waals surface area contributed by atoms with Gasteiger partial charge in [-0.25, -0.2) is 0 Å². The Hall–Kier alpha value is -1.48. The first kappa shape index (κ1) is 44.5. The van der Waals surface area contributed by atoms with Gasteiger partial charge < -0.3 is 15.5 Å².